The normalized spacial score (nSPS) is 18.6. The minimum Gasteiger partial charge on any atom is -0.333 e. The maximum atomic E-state index is 12.9. The first kappa shape index (κ1) is 15.1. The lowest BCUT2D eigenvalue weighted by Gasteiger charge is -2.35. The van der Waals surface area contributed by atoms with Crippen molar-refractivity contribution in [3.63, 3.8) is 0 Å². The lowest BCUT2D eigenvalue weighted by atomic mass is 10.0. The molecule has 0 unspecified atom stereocenters. The molecule has 1 aliphatic rings. The molecule has 0 radical (unpaired) electrons. The van der Waals surface area contributed by atoms with E-state index in [2.05, 4.69) is 14.7 Å². The molecular weight excluding hydrogens is 298 g/mol. The Kier molecular flexibility index (Phi) is 4.52. The van der Waals surface area contributed by atoms with Gasteiger partial charge in [-0.25, -0.2) is 0 Å². The highest BCUT2D eigenvalue weighted by Crippen LogP contribution is 2.23. The summed E-state index contributed by atoms with van der Waals surface area (Å²) in [6.07, 6.45) is 7.89. The van der Waals surface area contributed by atoms with Gasteiger partial charge < -0.3 is 4.90 Å². The molecule has 1 amide bonds. The molecule has 0 bridgehead atoms. The lowest BCUT2D eigenvalue weighted by molar-refractivity contribution is 0.0587. The number of nitrogens with zero attached hydrogens (tertiary/aromatic N) is 5. The number of carbonyl (C=O) groups is 1. The molecule has 0 N–H and O–H groups in total. The Labute approximate surface area is 134 Å². The van der Waals surface area contributed by atoms with Crippen molar-refractivity contribution in [3.8, 4) is 0 Å². The van der Waals surface area contributed by atoms with Gasteiger partial charge in [0.2, 0.25) is 0 Å². The van der Waals surface area contributed by atoms with Crippen LogP contribution in [0.2, 0.25) is 0 Å². The Hall–Kier alpha value is -1.76. The second kappa shape index (κ2) is 6.56. The van der Waals surface area contributed by atoms with Crippen molar-refractivity contribution in [2.45, 2.75) is 52.1 Å². The number of aromatic nitrogens is 4. The molecule has 3 heterocycles. The van der Waals surface area contributed by atoms with Crippen LogP contribution < -0.4 is 0 Å². The first-order chi connectivity index (χ1) is 10.7. The van der Waals surface area contributed by atoms with Crippen LogP contribution in [0.3, 0.4) is 0 Å². The molecule has 0 aromatic carbocycles. The number of carbonyl (C=O) groups excluding carboxylic acids is 1. The molecule has 118 valence electrons. The van der Waals surface area contributed by atoms with E-state index in [1.807, 2.05) is 35.8 Å². The predicted octanol–water partition coefficient (Wildman–Crippen LogP) is 2.30. The fourth-order valence-corrected chi connectivity index (χ4v) is 3.68. The van der Waals surface area contributed by atoms with Crippen LogP contribution in [0.5, 0.6) is 0 Å². The summed E-state index contributed by atoms with van der Waals surface area (Å²) in [5.41, 5.74) is 1.96. The molecule has 3 rings (SSSR count). The highest BCUT2D eigenvalue weighted by atomic mass is 32.1. The average Bonchev–Trinajstić information content (AvgIpc) is 3.16. The number of aryl methyl sites for hydroxylation is 2. The zero-order valence-corrected chi connectivity index (χ0v) is 13.8. The van der Waals surface area contributed by atoms with Crippen LogP contribution in [-0.2, 0) is 13.0 Å². The fraction of sp³-hybridized carbons (Fsp3) is 0.600. The summed E-state index contributed by atoms with van der Waals surface area (Å²) in [6, 6.07) is 0.201. The van der Waals surface area contributed by atoms with Crippen molar-refractivity contribution in [1.29, 1.82) is 0 Å². The van der Waals surface area contributed by atoms with Gasteiger partial charge in [-0.05, 0) is 49.7 Å². The highest BCUT2D eigenvalue weighted by molar-refractivity contribution is 7.08. The fourth-order valence-electron chi connectivity index (χ4n) is 2.97. The van der Waals surface area contributed by atoms with Gasteiger partial charge in [0.15, 0.2) is 0 Å². The Morgan fingerprint density at radius 1 is 1.45 bits per heavy atom. The van der Waals surface area contributed by atoms with E-state index in [0.717, 1.165) is 50.0 Å². The maximum absolute atomic E-state index is 12.9. The zero-order valence-electron chi connectivity index (χ0n) is 13.0. The third kappa shape index (κ3) is 3.04. The average molecular weight is 319 g/mol. The molecular formula is C15H21N5OS. The van der Waals surface area contributed by atoms with E-state index in [-0.39, 0.29) is 11.9 Å². The van der Waals surface area contributed by atoms with Crippen LogP contribution in [0.15, 0.2) is 12.4 Å². The number of rotatable bonds is 4. The van der Waals surface area contributed by atoms with Crippen LogP contribution >= 0.6 is 11.5 Å². The van der Waals surface area contributed by atoms with Gasteiger partial charge in [-0.1, -0.05) is 11.4 Å². The zero-order chi connectivity index (χ0) is 15.5. The molecule has 0 aliphatic carbocycles. The van der Waals surface area contributed by atoms with E-state index in [1.165, 1.54) is 11.5 Å². The topological polar surface area (TPSA) is 63.9 Å². The second-order valence-corrected chi connectivity index (χ2v) is 6.54. The van der Waals surface area contributed by atoms with E-state index in [0.29, 0.717) is 4.88 Å². The van der Waals surface area contributed by atoms with Gasteiger partial charge in [0.25, 0.3) is 5.91 Å². The van der Waals surface area contributed by atoms with Crippen molar-refractivity contribution in [3.05, 3.63) is 28.5 Å². The number of likely N-dealkylation sites (tertiary alicyclic amines) is 1. The first-order valence-corrected chi connectivity index (χ1v) is 8.57. The van der Waals surface area contributed by atoms with Crippen LogP contribution in [0, 0.1) is 6.92 Å². The first-order valence-electron chi connectivity index (χ1n) is 7.80. The predicted molar refractivity (Wildman–Crippen MR) is 84.9 cm³/mol. The van der Waals surface area contributed by atoms with Crippen LogP contribution in [0.4, 0.5) is 0 Å². The smallest absolute Gasteiger partial charge is 0.267 e. The van der Waals surface area contributed by atoms with E-state index in [4.69, 9.17) is 0 Å². The minimum atomic E-state index is 0.0837. The van der Waals surface area contributed by atoms with Crippen molar-refractivity contribution < 1.29 is 4.79 Å². The minimum absolute atomic E-state index is 0.0837. The SMILES string of the molecule is CCc1nnsc1C(=O)N1CCCC[C@H]1Cn1cc(C)cn1. The summed E-state index contributed by atoms with van der Waals surface area (Å²) in [6.45, 7) is 5.61. The monoisotopic (exact) mass is 319 g/mol. The molecule has 6 nitrogen and oxygen atoms in total. The molecule has 7 heteroatoms. The largest absolute Gasteiger partial charge is 0.333 e. The summed E-state index contributed by atoms with van der Waals surface area (Å²) in [5.74, 6) is 0.0837. The van der Waals surface area contributed by atoms with Crippen LogP contribution in [-0.4, -0.2) is 42.8 Å². The van der Waals surface area contributed by atoms with Gasteiger partial charge in [-0.2, -0.15) is 5.10 Å². The Morgan fingerprint density at radius 2 is 2.32 bits per heavy atom. The molecule has 1 saturated heterocycles. The number of hydrogen-bond acceptors (Lipinski definition) is 5. The standard InChI is InChI=1S/C15H21N5OS/c1-3-13-14(22-18-17-13)15(21)20-7-5-4-6-12(20)10-19-9-11(2)8-16-19/h8-9,12H,3-7,10H2,1-2H3/t12-/m0/s1. The van der Waals surface area contributed by atoms with Crippen molar-refractivity contribution in [1.82, 2.24) is 24.3 Å². The third-order valence-corrected chi connectivity index (χ3v) is 4.89. The van der Waals surface area contributed by atoms with Gasteiger partial charge in [0.05, 0.1) is 24.5 Å². The second-order valence-electron chi connectivity index (χ2n) is 5.79. The van der Waals surface area contributed by atoms with E-state index in [1.54, 1.807) is 0 Å². The summed E-state index contributed by atoms with van der Waals surface area (Å²) >= 11 is 1.21. The highest BCUT2D eigenvalue weighted by Gasteiger charge is 2.30. The van der Waals surface area contributed by atoms with Gasteiger partial charge >= 0.3 is 0 Å². The molecule has 1 fully saturated rings. The number of hydrogen-bond donors (Lipinski definition) is 0. The van der Waals surface area contributed by atoms with Gasteiger partial charge in [0.1, 0.15) is 4.88 Å². The van der Waals surface area contributed by atoms with Crippen molar-refractivity contribution in [2.75, 3.05) is 6.54 Å². The molecule has 1 atom stereocenters. The van der Waals surface area contributed by atoms with E-state index < -0.39 is 0 Å². The van der Waals surface area contributed by atoms with Gasteiger partial charge in [0, 0.05) is 12.7 Å². The van der Waals surface area contributed by atoms with Gasteiger partial charge in [-0.3, -0.25) is 9.48 Å². The molecule has 22 heavy (non-hydrogen) atoms. The van der Waals surface area contributed by atoms with Crippen LogP contribution in [0.1, 0.15) is 47.1 Å². The summed E-state index contributed by atoms with van der Waals surface area (Å²) in [5, 5.41) is 8.42. The Balaban J connectivity index is 1.78. The summed E-state index contributed by atoms with van der Waals surface area (Å²) in [4.78, 5) is 15.6. The number of piperidine rings is 1. The molecule has 0 saturated carbocycles. The molecule has 2 aromatic heterocycles. The lowest BCUT2D eigenvalue weighted by Crippen LogP contribution is -2.46. The van der Waals surface area contributed by atoms with Gasteiger partial charge in [-0.15, -0.1) is 5.10 Å². The Morgan fingerprint density at radius 3 is 3.05 bits per heavy atom. The van der Waals surface area contributed by atoms with Crippen LogP contribution in [0.25, 0.3) is 0 Å². The van der Waals surface area contributed by atoms with E-state index in [9.17, 15) is 4.79 Å². The third-order valence-electron chi connectivity index (χ3n) is 4.13. The van der Waals surface area contributed by atoms with E-state index >= 15 is 0 Å². The molecule has 0 spiro atoms. The summed E-state index contributed by atoms with van der Waals surface area (Å²) < 4.78 is 5.89. The number of amides is 1. The maximum Gasteiger partial charge on any atom is 0.267 e. The van der Waals surface area contributed by atoms with Crippen molar-refractivity contribution in [2.24, 2.45) is 0 Å². The molecule has 1 aliphatic heterocycles. The molecule has 2 aromatic rings. The van der Waals surface area contributed by atoms with Crippen molar-refractivity contribution >= 4 is 17.4 Å². The quantitative estimate of drug-likeness (QED) is 0.867. The summed E-state index contributed by atoms with van der Waals surface area (Å²) in [7, 11) is 0. The Bertz CT molecular complexity index is 650.